The first-order valence-electron chi connectivity index (χ1n) is 3.91. The van der Waals surface area contributed by atoms with Crippen molar-refractivity contribution < 1.29 is 27.8 Å². The monoisotopic (exact) mass is 220 g/mol. The van der Waals surface area contributed by atoms with Crippen LogP contribution in [0.25, 0.3) is 0 Å². The minimum atomic E-state index is -4.54. The predicted octanol–water partition coefficient (Wildman–Crippen LogP) is 2.11. The van der Waals surface area contributed by atoms with Gasteiger partial charge in [-0.05, 0) is 24.3 Å². The zero-order valence-corrected chi connectivity index (χ0v) is 7.41. The van der Waals surface area contributed by atoms with E-state index in [1.54, 1.807) is 0 Å². The highest BCUT2D eigenvalue weighted by molar-refractivity contribution is 5.89. The Kier molecular flexibility index (Phi) is 3.18. The van der Waals surface area contributed by atoms with Crippen LogP contribution in [-0.2, 0) is 4.74 Å². The molecular formula is C9H7F3O3. The molecule has 0 aliphatic rings. The molecular weight excluding hydrogens is 213 g/mol. The Labute approximate surface area is 83.1 Å². The first-order chi connectivity index (χ1) is 6.88. The van der Waals surface area contributed by atoms with E-state index in [2.05, 4.69) is 4.74 Å². The van der Waals surface area contributed by atoms with Gasteiger partial charge in [-0.3, -0.25) is 0 Å². The molecule has 0 aromatic heterocycles. The van der Waals surface area contributed by atoms with Gasteiger partial charge in [0.25, 0.3) is 0 Å². The van der Waals surface area contributed by atoms with Gasteiger partial charge in [0.2, 0.25) is 0 Å². The van der Waals surface area contributed by atoms with Crippen LogP contribution in [-0.4, -0.2) is 23.9 Å². The molecule has 6 heteroatoms. The van der Waals surface area contributed by atoms with Gasteiger partial charge in [-0.15, -0.1) is 0 Å². The average molecular weight is 220 g/mol. The molecule has 0 aliphatic heterocycles. The van der Waals surface area contributed by atoms with Gasteiger partial charge in [0.15, 0.2) is 6.61 Å². The number of rotatable bonds is 2. The van der Waals surface area contributed by atoms with Crippen LogP contribution >= 0.6 is 0 Å². The summed E-state index contributed by atoms with van der Waals surface area (Å²) in [4.78, 5) is 11.0. The Bertz CT molecular complexity index is 343. The highest BCUT2D eigenvalue weighted by Crippen LogP contribution is 2.16. The Morgan fingerprint density at radius 3 is 2.27 bits per heavy atom. The molecule has 0 spiro atoms. The smallest absolute Gasteiger partial charge is 0.422 e. The van der Waals surface area contributed by atoms with Gasteiger partial charge in [0.1, 0.15) is 5.75 Å². The van der Waals surface area contributed by atoms with Gasteiger partial charge < -0.3 is 9.84 Å². The van der Waals surface area contributed by atoms with E-state index in [-0.39, 0.29) is 11.3 Å². The molecule has 0 saturated carbocycles. The van der Waals surface area contributed by atoms with Gasteiger partial charge in [0.05, 0.1) is 5.56 Å². The maximum absolute atomic E-state index is 11.7. The molecule has 0 saturated heterocycles. The molecule has 1 rings (SSSR count). The third kappa shape index (κ3) is 3.88. The SMILES string of the molecule is O=C(OCC(F)(F)F)c1ccc(O)cc1. The molecule has 0 bridgehead atoms. The number of benzene rings is 1. The molecule has 15 heavy (non-hydrogen) atoms. The Morgan fingerprint density at radius 2 is 1.80 bits per heavy atom. The van der Waals surface area contributed by atoms with Crippen LogP contribution < -0.4 is 0 Å². The van der Waals surface area contributed by atoms with Crippen molar-refractivity contribution >= 4 is 5.97 Å². The second-order valence-corrected chi connectivity index (χ2v) is 2.74. The third-order valence-electron chi connectivity index (χ3n) is 1.47. The van der Waals surface area contributed by atoms with E-state index in [1.165, 1.54) is 24.3 Å². The summed E-state index contributed by atoms with van der Waals surface area (Å²) in [7, 11) is 0. The van der Waals surface area contributed by atoms with Crippen LogP contribution in [0.2, 0.25) is 0 Å². The summed E-state index contributed by atoms with van der Waals surface area (Å²) in [5.74, 6) is -1.16. The Hall–Kier alpha value is -1.72. The van der Waals surface area contributed by atoms with E-state index in [1.807, 2.05) is 0 Å². The Morgan fingerprint density at radius 1 is 1.27 bits per heavy atom. The Balaban J connectivity index is 2.58. The second kappa shape index (κ2) is 4.20. The lowest BCUT2D eigenvalue weighted by molar-refractivity contribution is -0.161. The number of esters is 1. The van der Waals surface area contributed by atoms with Crippen molar-refractivity contribution in [3.8, 4) is 5.75 Å². The van der Waals surface area contributed by atoms with Crippen LogP contribution in [0.15, 0.2) is 24.3 Å². The summed E-state index contributed by atoms with van der Waals surface area (Å²) in [6, 6.07) is 4.72. The lowest BCUT2D eigenvalue weighted by Crippen LogP contribution is -2.20. The highest BCUT2D eigenvalue weighted by atomic mass is 19.4. The minimum absolute atomic E-state index is 0.0444. The fourth-order valence-corrected chi connectivity index (χ4v) is 0.828. The van der Waals surface area contributed by atoms with Crippen molar-refractivity contribution in [1.29, 1.82) is 0 Å². The van der Waals surface area contributed by atoms with Crippen molar-refractivity contribution in [3.05, 3.63) is 29.8 Å². The first kappa shape index (κ1) is 11.4. The summed E-state index contributed by atoms with van der Waals surface area (Å²) in [5, 5.41) is 8.87. The molecule has 3 nitrogen and oxygen atoms in total. The van der Waals surface area contributed by atoms with Crippen LogP contribution in [0.1, 0.15) is 10.4 Å². The fraction of sp³-hybridized carbons (Fsp3) is 0.222. The number of phenols is 1. The van der Waals surface area contributed by atoms with Crippen molar-refractivity contribution in [2.45, 2.75) is 6.18 Å². The lowest BCUT2D eigenvalue weighted by atomic mass is 10.2. The largest absolute Gasteiger partial charge is 0.508 e. The molecule has 0 heterocycles. The first-order valence-corrected chi connectivity index (χ1v) is 3.91. The molecule has 1 aromatic carbocycles. The van der Waals surface area contributed by atoms with Gasteiger partial charge in [-0.1, -0.05) is 0 Å². The summed E-state index contributed by atoms with van der Waals surface area (Å²) in [5.41, 5.74) is -0.0444. The quantitative estimate of drug-likeness (QED) is 0.776. The van der Waals surface area contributed by atoms with Crippen molar-refractivity contribution in [3.63, 3.8) is 0 Å². The van der Waals surface area contributed by atoms with Crippen LogP contribution in [0, 0.1) is 0 Å². The predicted molar refractivity (Wildman–Crippen MR) is 44.4 cm³/mol. The zero-order valence-electron chi connectivity index (χ0n) is 7.41. The van der Waals surface area contributed by atoms with E-state index >= 15 is 0 Å². The number of hydrogen-bond acceptors (Lipinski definition) is 3. The minimum Gasteiger partial charge on any atom is -0.508 e. The fourth-order valence-electron chi connectivity index (χ4n) is 0.828. The number of halogens is 3. The molecule has 0 radical (unpaired) electrons. The van der Waals surface area contributed by atoms with Crippen LogP contribution in [0.3, 0.4) is 0 Å². The molecule has 0 unspecified atom stereocenters. The molecule has 0 amide bonds. The van der Waals surface area contributed by atoms with Crippen LogP contribution in [0.4, 0.5) is 13.2 Å². The molecule has 1 aromatic rings. The van der Waals surface area contributed by atoms with E-state index in [0.29, 0.717) is 0 Å². The lowest BCUT2D eigenvalue weighted by Gasteiger charge is -2.07. The molecule has 0 fully saturated rings. The standard InChI is InChI=1S/C9H7F3O3/c10-9(11,12)5-15-8(14)6-1-3-7(13)4-2-6/h1-4,13H,5H2. The molecule has 0 atom stereocenters. The number of alkyl halides is 3. The van der Waals surface area contributed by atoms with Gasteiger partial charge in [0, 0.05) is 0 Å². The summed E-state index contributed by atoms with van der Waals surface area (Å²) in [6.07, 6.45) is -4.54. The van der Waals surface area contributed by atoms with Crippen LogP contribution in [0.5, 0.6) is 5.75 Å². The average Bonchev–Trinajstić information content (AvgIpc) is 2.14. The summed E-state index contributed by atoms with van der Waals surface area (Å²) < 4.78 is 39.0. The third-order valence-corrected chi connectivity index (χ3v) is 1.47. The number of carbonyl (C=O) groups excluding carboxylic acids is 1. The topological polar surface area (TPSA) is 46.5 Å². The van der Waals surface area contributed by atoms with Gasteiger partial charge >= 0.3 is 12.1 Å². The number of phenolic OH excluding ortho intramolecular Hbond substituents is 1. The maximum atomic E-state index is 11.7. The van der Waals surface area contributed by atoms with E-state index in [9.17, 15) is 18.0 Å². The highest BCUT2D eigenvalue weighted by Gasteiger charge is 2.29. The van der Waals surface area contributed by atoms with Gasteiger partial charge in [-0.2, -0.15) is 13.2 Å². The molecule has 1 N–H and O–H groups in total. The second-order valence-electron chi connectivity index (χ2n) is 2.74. The van der Waals surface area contributed by atoms with Crippen molar-refractivity contribution in [2.75, 3.05) is 6.61 Å². The number of hydrogen-bond donors (Lipinski definition) is 1. The van der Waals surface area contributed by atoms with Gasteiger partial charge in [-0.25, -0.2) is 4.79 Å². The van der Waals surface area contributed by atoms with E-state index < -0.39 is 18.8 Å². The summed E-state index contributed by atoms with van der Waals surface area (Å²) >= 11 is 0. The molecule has 0 aliphatic carbocycles. The summed E-state index contributed by atoms with van der Waals surface area (Å²) in [6.45, 7) is -1.62. The number of carbonyl (C=O) groups is 1. The van der Waals surface area contributed by atoms with E-state index in [4.69, 9.17) is 5.11 Å². The maximum Gasteiger partial charge on any atom is 0.422 e. The zero-order chi connectivity index (χ0) is 11.5. The number of aromatic hydroxyl groups is 1. The normalized spacial score (nSPS) is 11.1. The van der Waals surface area contributed by atoms with Crippen molar-refractivity contribution in [1.82, 2.24) is 0 Å². The van der Waals surface area contributed by atoms with E-state index in [0.717, 1.165) is 0 Å². The van der Waals surface area contributed by atoms with Crippen molar-refractivity contribution in [2.24, 2.45) is 0 Å². The molecule has 82 valence electrons. The number of ether oxygens (including phenoxy) is 1.